The van der Waals surface area contributed by atoms with Gasteiger partial charge in [0.25, 0.3) is 0 Å². The summed E-state index contributed by atoms with van der Waals surface area (Å²) in [5.41, 5.74) is 9.46. The third-order valence-corrected chi connectivity index (χ3v) is 4.13. The first-order chi connectivity index (χ1) is 11.6. The second kappa shape index (κ2) is 7.37. The summed E-state index contributed by atoms with van der Waals surface area (Å²) in [6.07, 6.45) is 0. The van der Waals surface area contributed by atoms with Crippen molar-refractivity contribution in [3.8, 4) is 0 Å². The van der Waals surface area contributed by atoms with Crippen LogP contribution in [0.4, 0.5) is 15.8 Å². The zero-order valence-electron chi connectivity index (χ0n) is 13.1. The molecule has 0 amide bonds. The van der Waals surface area contributed by atoms with Crippen molar-refractivity contribution in [2.75, 3.05) is 10.6 Å². The van der Waals surface area contributed by atoms with Gasteiger partial charge in [-0.3, -0.25) is 0 Å². The van der Waals surface area contributed by atoms with Gasteiger partial charge in [0.2, 0.25) is 0 Å². The van der Waals surface area contributed by atoms with Crippen LogP contribution < -0.4 is 10.6 Å². The maximum absolute atomic E-state index is 13.6. The number of anilines is 2. The molecule has 0 fully saturated rings. The zero-order valence-corrected chi connectivity index (χ0v) is 13.9. The Morgan fingerprint density at radius 3 is 1.83 bits per heavy atom. The molecule has 0 aliphatic heterocycles. The highest BCUT2D eigenvalue weighted by Gasteiger charge is 2.14. The maximum Gasteiger partial charge on any atom is 0.143 e. The van der Waals surface area contributed by atoms with Crippen LogP contribution in [0.5, 0.6) is 0 Å². The van der Waals surface area contributed by atoms with Crippen molar-refractivity contribution in [3.63, 3.8) is 0 Å². The maximum atomic E-state index is 13.6. The minimum atomic E-state index is -0.503. The molecule has 0 heterocycles. The van der Waals surface area contributed by atoms with Gasteiger partial charge >= 0.3 is 0 Å². The largest absolute Gasteiger partial charge is 0.397 e. The van der Waals surface area contributed by atoms with E-state index in [1.54, 1.807) is 6.07 Å². The van der Waals surface area contributed by atoms with Crippen LogP contribution in [-0.4, -0.2) is 0 Å². The predicted molar refractivity (Wildman–Crippen MR) is 98.6 cm³/mol. The lowest BCUT2D eigenvalue weighted by Crippen LogP contribution is -2.23. The van der Waals surface area contributed by atoms with Gasteiger partial charge in [0.1, 0.15) is 5.82 Å². The fourth-order valence-corrected chi connectivity index (χ4v) is 2.82. The van der Waals surface area contributed by atoms with Crippen molar-refractivity contribution in [3.05, 3.63) is 94.8 Å². The summed E-state index contributed by atoms with van der Waals surface area (Å²) >= 11 is 5.98. The summed E-state index contributed by atoms with van der Waals surface area (Å²) in [5, 5.41) is 0.0744. The van der Waals surface area contributed by atoms with Crippen LogP contribution in [0.2, 0.25) is 5.02 Å². The van der Waals surface area contributed by atoms with Gasteiger partial charge in [-0.2, -0.15) is 0 Å². The Kier molecular flexibility index (Phi) is 5.02. The summed E-state index contributed by atoms with van der Waals surface area (Å²) in [6, 6.07) is 23.0. The molecule has 0 radical (unpaired) electrons. The molecule has 2 nitrogen and oxygen atoms in total. The highest BCUT2D eigenvalue weighted by Crippen LogP contribution is 2.31. The van der Waals surface area contributed by atoms with E-state index in [1.165, 1.54) is 6.07 Å². The van der Waals surface area contributed by atoms with Crippen molar-refractivity contribution in [1.29, 1.82) is 0 Å². The van der Waals surface area contributed by atoms with E-state index in [0.29, 0.717) is 18.8 Å². The van der Waals surface area contributed by atoms with Crippen LogP contribution in [0.15, 0.2) is 72.8 Å². The Bertz CT molecular complexity index is 765. The van der Waals surface area contributed by atoms with Crippen LogP contribution in [0.3, 0.4) is 0 Å². The van der Waals surface area contributed by atoms with Gasteiger partial charge in [0.05, 0.1) is 16.4 Å². The average Bonchev–Trinajstić information content (AvgIpc) is 2.59. The van der Waals surface area contributed by atoms with Crippen molar-refractivity contribution >= 4 is 23.0 Å². The summed E-state index contributed by atoms with van der Waals surface area (Å²) in [6.45, 7) is 1.31. The topological polar surface area (TPSA) is 29.3 Å². The molecule has 3 aromatic rings. The molecule has 0 aromatic heterocycles. The summed E-state index contributed by atoms with van der Waals surface area (Å²) in [7, 11) is 0. The molecular formula is C20H18ClFN2. The molecule has 0 saturated heterocycles. The van der Waals surface area contributed by atoms with E-state index in [4.69, 9.17) is 17.3 Å². The van der Waals surface area contributed by atoms with Crippen molar-refractivity contribution in [2.24, 2.45) is 0 Å². The quantitative estimate of drug-likeness (QED) is 0.641. The number of halogens is 2. The molecule has 3 aromatic carbocycles. The molecular weight excluding hydrogens is 323 g/mol. The van der Waals surface area contributed by atoms with E-state index in [2.05, 4.69) is 29.2 Å². The summed E-state index contributed by atoms with van der Waals surface area (Å²) in [4.78, 5) is 2.10. The zero-order chi connectivity index (χ0) is 16.9. The SMILES string of the molecule is Nc1cc(F)c(Cl)cc1N(Cc1ccccc1)Cc1ccccc1. The molecule has 0 bridgehead atoms. The predicted octanol–water partition coefficient (Wildman–Crippen LogP) is 5.27. The van der Waals surface area contributed by atoms with Gasteiger partial charge in [0.15, 0.2) is 0 Å². The molecule has 3 rings (SSSR count). The van der Waals surface area contributed by atoms with E-state index in [-0.39, 0.29) is 5.02 Å². The second-order valence-corrected chi connectivity index (χ2v) is 6.06. The highest BCUT2D eigenvalue weighted by atomic mass is 35.5. The van der Waals surface area contributed by atoms with Crippen molar-refractivity contribution in [2.45, 2.75) is 13.1 Å². The number of nitrogens with zero attached hydrogens (tertiary/aromatic N) is 1. The van der Waals surface area contributed by atoms with Gasteiger partial charge < -0.3 is 10.6 Å². The lowest BCUT2D eigenvalue weighted by molar-refractivity contribution is 0.628. The van der Waals surface area contributed by atoms with Gasteiger partial charge in [-0.1, -0.05) is 72.3 Å². The van der Waals surface area contributed by atoms with E-state index >= 15 is 0 Å². The molecule has 122 valence electrons. The third-order valence-electron chi connectivity index (χ3n) is 3.84. The Morgan fingerprint density at radius 1 is 0.833 bits per heavy atom. The van der Waals surface area contributed by atoms with Gasteiger partial charge in [-0.25, -0.2) is 4.39 Å². The highest BCUT2D eigenvalue weighted by molar-refractivity contribution is 6.31. The van der Waals surface area contributed by atoms with E-state index in [0.717, 1.165) is 16.8 Å². The first-order valence-corrected chi connectivity index (χ1v) is 8.08. The fraction of sp³-hybridized carbons (Fsp3) is 0.100. The third kappa shape index (κ3) is 3.87. The molecule has 4 heteroatoms. The Balaban J connectivity index is 1.96. The number of nitrogen functional groups attached to an aromatic ring is 1. The van der Waals surface area contributed by atoms with Crippen LogP contribution >= 0.6 is 11.6 Å². The van der Waals surface area contributed by atoms with Crippen LogP contribution in [0.25, 0.3) is 0 Å². The lowest BCUT2D eigenvalue weighted by Gasteiger charge is -2.27. The molecule has 0 aliphatic rings. The van der Waals surface area contributed by atoms with E-state index in [9.17, 15) is 4.39 Å². The van der Waals surface area contributed by atoms with Crippen molar-refractivity contribution < 1.29 is 4.39 Å². The molecule has 0 aliphatic carbocycles. The van der Waals surface area contributed by atoms with Gasteiger partial charge in [0, 0.05) is 19.2 Å². The van der Waals surface area contributed by atoms with Crippen LogP contribution in [-0.2, 0) is 13.1 Å². The smallest absolute Gasteiger partial charge is 0.143 e. The van der Waals surface area contributed by atoms with Crippen molar-refractivity contribution in [1.82, 2.24) is 0 Å². The van der Waals surface area contributed by atoms with Crippen LogP contribution in [0.1, 0.15) is 11.1 Å². The number of rotatable bonds is 5. The molecule has 0 unspecified atom stereocenters. The Hall–Kier alpha value is -2.52. The monoisotopic (exact) mass is 340 g/mol. The lowest BCUT2D eigenvalue weighted by atomic mass is 10.1. The van der Waals surface area contributed by atoms with E-state index < -0.39 is 5.82 Å². The minimum absolute atomic E-state index is 0.0744. The number of hydrogen-bond acceptors (Lipinski definition) is 2. The standard InChI is InChI=1S/C20H18ClFN2/c21-17-11-20(19(23)12-18(17)22)24(13-15-7-3-1-4-8-15)14-16-9-5-2-6-10-16/h1-12H,13-14,23H2. The number of nitrogens with two attached hydrogens (primary N) is 1. The minimum Gasteiger partial charge on any atom is -0.397 e. The Labute approximate surface area is 146 Å². The molecule has 0 spiro atoms. The Morgan fingerprint density at radius 2 is 1.33 bits per heavy atom. The van der Waals surface area contributed by atoms with Gasteiger partial charge in [-0.15, -0.1) is 0 Å². The first-order valence-electron chi connectivity index (χ1n) is 7.71. The van der Waals surface area contributed by atoms with Crippen LogP contribution in [0, 0.1) is 5.82 Å². The summed E-state index contributed by atoms with van der Waals surface area (Å²) < 4.78 is 13.6. The average molecular weight is 341 g/mol. The molecule has 0 atom stereocenters. The molecule has 2 N–H and O–H groups in total. The normalized spacial score (nSPS) is 10.6. The van der Waals surface area contributed by atoms with E-state index in [1.807, 2.05) is 36.4 Å². The summed E-state index contributed by atoms with van der Waals surface area (Å²) in [5.74, 6) is -0.503. The second-order valence-electron chi connectivity index (χ2n) is 5.65. The number of hydrogen-bond donors (Lipinski definition) is 1. The fourth-order valence-electron chi connectivity index (χ4n) is 2.66. The first kappa shape index (κ1) is 16.3. The number of benzene rings is 3. The van der Waals surface area contributed by atoms with Gasteiger partial charge in [-0.05, 0) is 17.2 Å². The molecule has 0 saturated carbocycles. The molecule has 24 heavy (non-hydrogen) atoms.